The molecule has 0 aliphatic carbocycles. The van der Waals surface area contributed by atoms with Gasteiger partial charge in [0.25, 0.3) is 11.8 Å². The standard InChI is InChI=1S/C18H21N3O7/c1-4-18(3)16(24)21(17(25)20-18)8-14(22)28-10(2)15(23)19-11-5-6-12-13(7-11)27-9-26-12/h5-7,10H,4,8-9H2,1-3H3,(H,19,23)(H,20,25)/t10-,18+/m1/s1. The number of urea groups is 1. The molecule has 1 aromatic carbocycles. The lowest BCUT2D eigenvalue weighted by molar-refractivity contribution is -0.155. The Morgan fingerprint density at radius 1 is 1.32 bits per heavy atom. The Labute approximate surface area is 161 Å². The first kappa shape index (κ1) is 19.5. The van der Waals surface area contributed by atoms with Gasteiger partial charge in [-0.05, 0) is 32.4 Å². The number of rotatable bonds is 6. The number of anilines is 1. The van der Waals surface area contributed by atoms with Crippen molar-refractivity contribution >= 4 is 29.5 Å². The van der Waals surface area contributed by atoms with E-state index in [-0.39, 0.29) is 6.79 Å². The molecule has 28 heavy (non-hydrogen) atoms. The van der Waals surface area contributed by atoms with Crippen molar-refractivity contribution in [2.75, 3.05) is 18.7 Å². The fourth-order valence-corrected chi connectivity index (χ4v) is 2.77. The van der Waals surface area contributed by atoms with E-state index in [0.717, 1.165) is 4.90 Å². The predicted molar refractivity (Wildman–Crippen MR) is 95.7 cm³/mol. The van der Waals surface area contributed by atoms with Gasteiger partial charge in [-0.2, -0.15) is 0 Å². The molecule has 10 heteroatoms. The number of fused-ring (bicyclic) bond motifs is 1. The second-order valence-electron chi connectivity index (χ2n) is 6.70. The van der Waals surface area contributed by atoms with E-state index >= 15 is 0 Å². The molecule has 2 atom stereocenters. The maximum absolute atomic E-state index is 12.3. The zero-order valence-corrected chi connectivity index (χ0v) is 15.7. The summed E-state index contributed by atoms with van der Waals surface area (Å²) in [6, 6.07) is 4.20. The molecule has 2 N–H and O–H groups in total. The summed E-state index contributed by atoms with van der Waals surface area (Å²) in [4.78, 5) is 49.4. The van der Waals surface area contributed by atoms with Crippen molar-refractivity contribution in [3.05, 3.63) is 18.2 Å². The van der Waals surface area contributed by atoms with Crippen LogP contribution in [0, 0.1) is 0 Å². The predicted octanol–water partition coefficient (Wildman–Crippen LogP) is 1.01. The van der Waals surface area contributed by atoms with Crippen LogP contribution in [0.1, 0.15) is 27.2 Å². The van der Waals surface area contributed by atoms with Crippen LogP contribution in [0.25, 0.3) is 0 Å². The number of nitrogens with one attached hydrogen (secondary N) is 2. The van der Waals surface area contributed by atoms with Crippen LogP contribution >= 0.6 is 0 Å². The van der Waals surface area contributed by atoms with Crippen molar-refractivity contribution in [2.45, 2.75) is 38.8 Å². The number of amides is 4. The van der Waals surface area contributed by atoms with Crippen LogP contribution in [0.2, 0.25) is 0 Å². The van der Waals surface area contributed by atoms with Gasteiger partial charge in [-0.15, -0.1) is 0 Å². The van der Waals surface area contributed by atoms with Gasteiger partial charge in [0.15, 0.2) is 17.6 Å². The Balaban J connectivity index is 1.54. The highest BCUT2D eigenvalue weighted by Gasteiger charge is 2.47. The number of hydrogen-bond acceptors (Lipinski definition) is 7. The number of carbonyl (C=O) groups is 4. The van der Waals surface area contributed by atoms with Crippen molar-refractivity contribution in [3.8, 4) is 11.5 Å². The maximum Gasteiger partial charge on any atom is 0.327 e. The number of imide groups is 1. The minimum absolute atomic E-state index is 0.112. The van der Waals surface area contributed by atoms with E-state index in [9.17, 15) is 19.2 Å². The van der Waals surface area contributed by atoms with Crippen LogP contribution in [0.3, 0.4) is 0 Å². The number of ether oxygens (including phenoxy) is 3. The van der Waals surface area contributed by atoms with Crippen LogP contribution in [0.4, 0.5) is 10.5 Å². The van der Waals surface area contributed by atoms with Crippen molar-refractivity contribution in [1.29, 1.82) is 0 Å². The summed E-state index contributed by atoms with van der Waals surface area (Å²) >= 11 is 0. The molecule has 0 aromatic heterocycles. The van der Waals surface area contributed by atoms with E-state index in [2.05, 4.69) is 10.6 Å². The highest BCUT2D eigenvalue weighted by Crippen LogP contribution is 2.34. The summed E-state index contributed by atoms with van der Waals surface area (Å²) in [5, 5.41) is 5.14. The van der Waals surface area contributed by atoms with E-state index < -0.39 is 42.0 Å². The topological polar surface area (TPSA) is 123 Å². The number of nitrogens with zero attached hydrogens (tertiary/aromatic N) is 1. The van der Waals surface area contributed by atoms with Crippen LogP contribution in [0.5, 0.6) is 11.5 Å². The average Bonchev–Trinajstić information content (AvgIpc) is 3.20. The lowest BCUT2D eigenvalue weighted by atomic mass is 9.99. The van der Waals surface area contributed by atoms with Crippen LogP contribution in [0.15, 0.2) is 18.2 Å². The molecular formula is C18H21N3O7. The summed E-state index contributed by atoms with van der Waals surface area (Å²) < 4.78 is 15.5. The molecule has 2 aliphatic heterocycles. The highest BCUT2D eigenvalue weighted by molar-refractivity contribution is 6.08. The molecule has 0 bridgehead atoms. The normalized spacial score (nSPS) is 21.3. The quantitative estimate of drug-likeness (QED) is 0.548. The third-order valence-electron chi connectivity index (χ3n) is 4.66. The molecule has 0 unspecified atom stereocenters. The molecule has 150 valence electrons. The third-order valence-corrected chi connectivity index (χ3v) is 4.66. The molecule has 0 radical (unpaired) electrons. The summed E-state index contributed by atoms with van der Waals surface area (Å²) in [5.41, 5.74) is -0.593. The lowest BCUT2D eigenvalue weighted by Crippen LogP contribution is -2.44. The van der Waals surface area contributed by atoms with Gasteiger partial charge in [0.05, 0.1) is 0 Å². The van der Waals surface area contributed by atoms with E-state index in [1.807, 2.05) is 0 Å². The third kappa shape index (κ3) is 3.71. The summed E-state index contributed by atoms with van der Waals surface area (Å²) in [6.45, 7) is 4.27. The van der Waals surface area contributed by atoms with Crippen LogP contribution < -0.4 is 20.1 Å². The average molecular weight is 391 g/mol. The number of esters is 1. The Bertz CT molecular complexity index is 840. The monoisotopic (exact) mass is 391 g/mol. The van der Waals surface area contributed by atoms with Crippen molar-refractivity contribution in [3.63, 3.8) is 0 Å². The second-order valence-corrected chi connectivity index (χ2v) is 6.70. The van der Waals surface area contributed by atoms with Crippen LogP contribution in [-0.2, 0) is 19.1 Å². The SMILES string of the molecule is CC[C@]1(C)NC(=O)N(CC(=O)O[C@H](C)C(=O)Nc2ccc3c(c2)OCO3)C1=O. The summed E-state index contributed by atoms with van der Waals surface area (Å²) in [7, 11) is 0. The van der Waals surface area contributed by atoms with E-state index in [4.69, 9.17) is 14.2 Å². The largest absolute Gasteiger partial charge is 0.454 e. The molecule has 1 fully saturated rings. The first-order valence-electron chi connectivity index (χ1n) is 8.77. The van der Waals surface area contributed by atoms with Gasteiger partial charge < -0.3 is 24.8 Å². The Kier molecular flexibility index (Phi) is 5.12. The lowest BCUT2D eigenvalue weighted by Gasteiger charge is -2.19. The maximum atomic E-state index is 12.3. The fraction of sp³-hybridized carbons (Fsp3) is 0.444. The Morgan fingerprint density at radius 3 is 2.71 bits per heavy atom. The molecule has 3 rings (SSSR count). The smallest absolute Gasteiger partial charge is 0.327 e. The van der Waals surface area contributed by atoms with E-state index in [1.165, 1.54) is 6.92 Å². The van der Waals surface area contributed by atoms with Crippen molar-refractivity contribution < 1.29 is 33.4 Å². The van der Waals surface area contributed by atoms with Gasteiger partial charge in [-0.25, -0.2) is 4.79 Å². The van der Waals surface area contributed by atoms with Crippen molar-refractivity contribution in [1.82, 2.24) is 10.2 Å². The molecule has 2 aliphatic rings. The Hall–Kier alpha value is -3.30. The van der Waals surface area contributed by atoms with Gasteiger partial charge in [0.1, 0.15) is 12.1 Å². The second kappa shape index (κ2) is 7.37. The van der Waals surface area contributed by atoms with Gasteiger partial charge in [-0.1, -0.05) is 6.92 Å². The molecule has 0 saturated carbocycles. The zero-order valence-electron chi connectivity index (χ0n) is 15.7. The zero-order chi connectivity index (χ0) is 20.5. The summed E-state index contributed by atoms with van der Waals surface area (Å²) in [6.07, 6.45) is -0.742. The molecular weight excluding hydrogens is 370 g/mol. The number of benzene rings is 1. The van der Waals surface area contributed by atoms with Crippen LogP contribution in [-0.4, -0.2) is 53.7 Å². The molecule has 4 amide bonds. The molecule has 2 heterocycles. The number of hydrogen-bond donors (Lipinski definition) is 2. The minimum Gasteiger partial charge on any atom is -0.454 e. The van der Waals surface area contributed by atoms with E-state index in [1.54, 1.807) is 32.0 Å². The first-order valence-corrected chi connectivity index (χ1v) is 8.77. The fourth-order valence-electron chi connectivity index (χ4n) is 2.77. The van der Waals surface area contributed by atoms with Gasteiger partial charge in [0, 0.05) is 11.8 Å². The van der Waals surface area contributed by atoms with Gasteiger partial charge in [0.2, 0.25) is 6.79 Å². The Morgan fingerprint density at radius 2 is 2.04 bits per heavy atom. The minimum atomic E-state index is -1.13. The molecule has 0 spiro atoms. The van der Waals surface area contributed by atoms with Gasteiger partial charge >= 0.3 is 12.0 Å². The number of carbonyl (C=O) groups excluding carboxylic acids is 4. The molecule has 10 nitrogen and oxygen atoms in total. The molecule has 1 saturated heterocycles. The summed E-state index contributed by atoms with van der Waals surface area (Å²) in [5.74, 6) is -0.862. The molecule has 1 aromatic rings. The van der Waals surface area contributed by atoms with Crippen molar-refractivity contribution in [2.24, 2.45) is 0 Å². The van der Waals surface area contributed by atoms with Gasteiger partial charge in [-0.3, -0.25) is 19.3 Å². The first-order chi connectivity index (χ1) is 13.2. The van der Waals surface area contributed by atoms with E-state index in [0.29, 0.717) is 23.6 Å². The highest BCUT2D eigenvalue weighted by atomic mass is 16.7.